The van der Waals surface area contributed by atoms with Crippen LogP contribution in [-0.2, 0) is 24.4 Å². The highest BCUT2D eigenvalue weighted by atomic mass is 16.5. The zero-order valence-corrected chi connectivity index (χ0v) is 18.5. The van der Waals surface area contributed by atoms with Crippen molar-refractivity contribution in [1.29, 1.82) is 0 Å². The van der Waals surface area contributed by atoms with E-state index < -0.39 is 0 Å². The van der Waals surface area contributed by atoms with Crippen molar-refractivity contribution in [1.82, 2.24) is 25.2 Å². The van der Waals surface area contributed by atoms with E-state index in [-0.39, 0.29) is 5.91 Å². The molecule has 31 heavy (non-hydrogen) atoms. The fraction of sp³-hybridized carbons (Fsp3) is 0.522. The van der Waals surface area contributed by atoms with E-state index in [1.807, 2.05) is 24.9 Å². The van der Waals surface area contributed by atoms with E-state index in [4.69, 9.17) is 4.52 Å². The van der Waals surface area contributed by atoms with Crippen LogP contribution in [0, 0.1) is 6.92 Å². The minimum absolute atomic E-state index is 0.266. The second-order valence-corrected chi connectivity index (χ2v) is 8.33. The number of amides is 1. The molecule has 0 saturated carbocycles. The van der Waals surface area contributed by atoms with Crippen LogP contribution in [0.5, 0.6) is 0 Å². The zero-order valence-electron chi connectivity index (χ0n) is 18.5. The second-order valence-electron chi connectivity index (χ2n) is 8.33. The first-order chi connectivity index (χ1) is 15.1. The van der Waals surface area contributed by atoms with Gasteiger partial charge in [-0.2, -0.15) is 0 Å². The van der Waals surface area contributed by atoms with Gasteiger partial charge in [-0.1, -0.05) is 29.4 Å². The molecule has 3 heterocycles. The third-order valence-corrected chi connectivity index (χ3v) is 5.93. The first-order valence-electron chi connectivity index (χ1n) is 11.1. The van der Waals surface area contributed by atoms with Crippen LogP contribution in [0.2, 0.25) is 0 Å². The number of carbonyl (C=O) groups excluding carboxylic acids is 1. The van der Waals surface area contributed by atoms with Crippen molar-refractivity contribution in [3.8, 4) is 0 Å². The van der Waals surface area contributed by atoms with Crippen LogP contribution in [0.25, 0.3) is 0 Å². The first-order valence-corrected chi connectivity index (χ1v) is 11.1. The number of aliphatic imine (C=N–C) groups is 1. The van der Waals surface area contributed by atoms with Gasteiger partial charge in [0, 0.05) is 71.9 Å². The van der Waals surface area contributed by atoms with Crippen LogP contribution in [0.1, 0.15) is 35.4 Å². The van der Waals surface area contributed by atoms with Crippen LogP contribution in [0.4, 0.5) is 0 Å². The third-order valence-electron chi connectivity index (χ3n) is 5.93. The van der Waals surface area contributed by atoms with Gasteiger partial charge in [0.15, 0.2) is 5.96 Å². The van der Waals surface area contributed by atoms with E-state index in [1.165, 1.54) is 11.1 Å². The van der Waals surface area contributed by atoms with Crippen LogP contribution in [-0.4, -0.2) is 71.5 Å². The number of carbonyl (C=O) groups is 1. The Labute approximate surface area is 183 Å². The monoisotopic (exact) mass is 424 g/mol. The van der Waals surface area contributed by atoms with Crippen molar-refractivity contribution < 1.29 is 9.32 Å². The Hall–Kier alpha value is -2.87. The molecule has 0 unspecified atom stereocenters. The number of likely N-dealkylation sites (tertiary alicyclic amines) is 1. The summed E-state index contributed by atoms with van der Waals surface area (Å²) in [5, 5.41) is 7.60. The summed E-state index contributed by atoms with van der Waals surface area (Å²) >= 11 is 0. The topological polar surface area (TPSA) is 77.2 Å². The Kier molecular flexibility index (Phi) is 6.86. The Morgan fingerprint density at radius 2 is 1.94 bits per heavy atom. The van der Waals surface area contributed by atoms with E-state index in [0.717, 1.165) is 63.1 Å². The minimum atomic E-state index is 0.266. The number of aromatic nitrogens is 1. The Morgan fingerprint density at radius 1 is 1.13 bits per heavy atom. The van der Waals surface area contributed by atoms with Gasteiger partial charge < -0.3 is 19.6 Å². The SMILES string of the molecule is CN=C(NCc1cccc(CN2CCCC2=O)c1)N1CCN(Cc2cc(C)on2)CC1. The van der Waals surface area contributed by atoms with E-state index in [1.54, 1.807) is 0 Å². The largest absolute Gasteiger partial charge is 0.361 e. The average molecular weight is 425 g/mol. The maximum Gasteiger partial charge on any atom is 0.222 e. The van der Waals surface area contributed by atoms with Gasteiger partial charge in [0.1, 0.15) is 5.76 Å². The van der Waals surface area contributed by atoms with Crippen molar-refractivity contribution in [2.45, 2.75) is 39.4 Å². The number of nitrogens with one attached hydrogen (secondary N) is 1. The van der Waals surface area contributed by atoms with Crippen molar-refractivity contribution in [2.24, 2.45) is 4.99 Å². The molecule has 2 saturated heterocycles. The number of guanidine groups is 1. The van der Waals surface area contributed by atoms with Crippen molar-refractivity contribution in [2.75, 3.05) is 39.8 Å². The van der Waals surface area contributed by atoms with E-state index in [9.17, 15) is 4.79 Å². The van der Waals surface area contributed by atoms with E-state index >= 15 is 0 Å². The molecule has 0 spiro atoms. The van der Waals surface area contributed by atoms with Gasteiger partial charge in [0.25, 0.3) is 0 Å². The molecule has 0 aliphatic carbocycles. The molecule has 1 aromatic heterocycles. The molecule has 8 nitrogen and oxygen atoms in total. The molecule has 1 aromatic carbocycles. The number of nitrogens with zero attached hydrogens (tertiary/aromatic N) is 5. The Morgan fingerprint density at radius 3 is 2.61 bits per heavy atom. The second kappa shape index (κ2) is 9.96. The maximum absolute atomic E-state index is 11.9. The molecular formula is C23H32N6O2. The van der Waals surface area contributed by atoms with E-state index in [0.29, 0.717) is 19.5 Å². The quantitative estimate of drug-likeness (QED) is 0.565. The lowest BCUT2D eigenvalue weighted by atomic mass is 10.1. The summed E-state index contributed by atoms with van der Waals surface area (Å²) in [5.74, 6) is 2.05. The molecule has 1 N–H and O–H groups in total. The predicted molar refractivity (Wildman–Crippen MR) is 119 cm³/mol. The molecule has 0 bridgehead atoms. The lowest BCUT2D eigenvalue weighted by Crippen LogP contribution is -2.52. The van der Waals surface area contributed by atoms with Gasteiger partial charge in [-0.3, -0.25) is 14.7 Å². The Balaban J connectivity index is 1.26. The highest BCUT2D eigenvalue weighted by Gasteiger charge is 2.21. The third kappa shape index (κ3) is 5.64. The number of hydrogen-bond donors (Lipinski definition) is 1. The smallest absolute Gasteiger partial charge is 0.222 e. The number of piperazine rings is 1. The molecule has 2 fully saturated rings. The van der Waals surface area contributed by atoms with Gasteiger partial charge in [0.2, 0.25) is 5.91 Å². The van der Waals surface area contributed by atoms with Crippen LogP contribution < -0.4 is 5.32 Å². The zero-order chi connectivity index (χ0) is 21.6. The van der Waals surface area contributed by atoms with Crippen LogP contribution in [0.15, 0.2) is 39.8 Å². The van der Waals surface area contributed by atoms with Crippen molar-refractivity contribution >= 4 is 11.9 Å². The summed E-state index contributed by atoms with van der Waals surface area (Å²) < 4.78 is 5.17. The molecule has 2 aliphatic heterocycles. The van der Waals surface area contributed by atoms with Gasteiger partial charge in [-0.25, -0.2) is 0 Å². The number of rotatable bonds is 6. The molecule has 8 heteroatoms. The molecule has 4 rings (SSSR count). The summed E-state index contributed by atoms with van der Waals surface area (Å²) in [7, 11) is 1.84. The van der Waals surface area contributed by atoms with Gasteiger partial charge in [-0.05, 0) is 24.5 Å². The fourth-order valence-corrected chi connectivity index (χ4v) is 4.28. The number of aryl methyl sites for hydroxylation is 1. The van der Waals surface area contributed by atoms with Gasteiger partial charge in [-0.15, -0.1) is 0 Å². The Bertz CT molecular complexity index is 916. The first kappa shape index (κ1) is 21.4. The van der Waals surface area contributed by atoms with Crippen LogP contribution in [0.3, 0.4) is 0 Å². The standard InChI is InChI=1S/C23H32N6O2/c1-18-13-21(26-31-18)17-27-9-11-28(12-10-27)23(24-2)25-15-19-5-3-6-20(14-19)16-29-8-4-7-22(29)30/h3,5-6,13-14H,4,7-12,15-17H2,1-2H3,(H,24,25). The summed E-state index contributed by atoms with van der Waals surface area (Å²) in [6.07, 6.45) is 1.66. The molecular weight excluding hydrogens is 392 g/mol. The molecule has 2 aliphatic rings. The van der Waals surface area contributed by atoms with E-state index in [2.05, 4.69) is 49.5 Å². The highest BCUT2D eigenvalue weighted by molar-refractivity contribution is 5.80. The summed E-state index contributed by atoms with van der Waals surface area (Å²) in [4.78, 5) is 23.0. The lowest BCUT2D eigenvalue weighted by molar-refractivity contribution is -0.128. The normalized spacial score (nSPS) is 18.1. The highest BCUT2D eigenvalue weighted by Crippen LogP contribution is 2.15. The number of hydrogen-bond acceptors (Lipinski definition) is 5. The molecule has 0 radical (unpaired) electrons. The molecule has 166 valence electrons. The summed E-state index contributed by atoms with van der Waals surface area (Å²) in [5.41, 5.74) is 3.37. The summed E-state index contributed by atoms with van der Waals surface area (Å²) in [6, 6.07) is 10.5. The molecule has 2 aromatic rings. The molecule has 0 atom stereocenters. The maximum atomic E-state index is 11.9. The number of benzene rings is 1. The lowest BCUT2D eigenvalue weighted by Gasteiger charge is -2.36. The van der Waals surface area contributed by atoms with Gasteiger partial charge >= 0.3 is 0 Å². The van der Waals surface area contributed by atoms with Crippen molar-refractivity contribution in [3.05, 3.63) is 52.9 Å². The average Bonchev–Trinajstić information content (AvgIpc) is 3.37. The molecule has 1 amide bonds. The minimum Gasteiger partial charge on any atom is -0.361 e. The summed E-state index contributed by atoms with van der Waals surface area (Å²) in [6.45, 7) is 8.81. The predicted octanol–water partition coefficient (Wildman–Crippen LogP) is 2.00. The fourth-order valence-electron chi connectivity index (χ4n) is 4.28. The van der Waals surface area contributed by atoms with Crippen molar-refractivity contribution in [3.63, 3.8) is 0 Å². The van der Waals surface area contributed by atoms with Crippen LogP contribution >= 0.6 is 0 Å². The van der Waals surface area contributed by atoms with Gasteiger partial charge in [0.05, 0.1) is 5.69 Å².